The van der Waals surface area contributed by atoms with E-state index < -0.39 is 0 Å². The molecule has 0 spiro atoms. The first kappa shape index (κ1) is 18.6. The first-order valence-electron chi connectivity index (χ1n) is 9.61. The highest BCUT2D eigenvalue weighted by molar-refractivity contribution is 5.78. The Bertz CT molecular complexity index is 703. The van der Waals surface area contributed by atoms with Crippen LogP contribution in [0.2, 0.25) is 0 Å². The van der Waals surface area contributed by atoms with E-state index in [1.165, 1.54) is 5.56 Å². The Morgan fingerprint density at radius 2 is 1.96 bits per heavy atom. The molecule has 26 heavy (non-hydrogen) atoms. The fourth-order valence-corrected chi connectivity index (χ4v) is 3.26. The maximum Gasteiger partial charge on any atom is 0.241 e. The van der Waals surface area contributed by atoms with Gasteiger partial charge in [0.25, 0.3) is 0 Å². The number of hydrogen-bond acceptors (Lipinski definition) is 5. The van der Waals surface area contributed by atoms with Gasteiger partial charge in [-0.15, -0.1) is 0 Å². The summed E-state index contributed by atoms with van der Waals surface area (Å²) in [6, 6.07) is 8.27. The molecule has 3 rings (SSSR count). The van der Waals surface area contributed by atoms with Crippen molar-refractivity contribution >= 4 is 5.91 Å². The SMILES string of the molecule is CCCNC(=O)C1CCN(Cc2nc(-c3ccc(CC)cc3)no2)CC1. The molecular weight excluding hydrogens is 328 g/mol. The maximum atomic E-state index is 12.1. The van der Waals surface area contributed by atoms with Gasteiger partial charge in [0.2, 0.25) is 17.6 Å². The van der Waals surface area contributed by atoms with Crippen molar-refractivity contribution in [3.63, 3.8) is 0 Å². The quantitative estimate of drug-likeness (QED) is 0.826. The molecule has 1 aromatic carbocycles. The lowest BCUT2D eigenvalue weighted by Gasteiger charge is -2.30. The lowest BCUT2D eigenvalue weighted by atomic mass is 9.96. The number of aromatic nitrogens is 2. The Kier molecular flexibility index (Phi) is 6.39. The van der Waals surface area contributed by atoms with Gasteiger partial charge in [-0.1, -0.05) is 43.3 Å². The van der Waals surface area contributed by atoms with Gasteiger partial charge in [-0.25, -0.2) is 0 Å². The number of nitrogens with zero attached hydrogens (tertiary/aromatic N) is 3. The second-order valence-corrected chi connectivity index (χ2v) is 6.90. The van der Waals surface area contributed by atoms with Crippen LogP contribution in [0.3, 0.4) is 0 Å². The number of rotatable bonds is 7. The number of piperidine rings is 1. The third-order valence-electron chi connectivity index (χ3n) is 4.95. The van der Waals surface area contributed by atoms with Gasteiger partial charge >= 0.3 is 0 Å². The Morgan fingerprint density at radius 3 is 2.62 bits per heavy atom. The van der Waals surface area contributed by atoms with Gasteiger partial charge in [0.05, 0.1) is 6.54 Å². The first-order chi connectivity index (χ1) is 12.7. The molecule has 1 aliphatic rings. The average molecular weight is 356 g/mol. The zero-order chi connectivity index (χ0) is 18.4. The maximum absolute atomic E-state index is 12.1. The molecule has 2 heterocycles. The van der Waals surface area contributed by atoms with Crippen molar-refractivity contribution in [2.24, 2.45) is 5.92 Å². The molecule has 0 bridgehead atoms. The highest BCUT2D eigenvalue weighted by Crippen LogP contribution is 2.21. The van der Waals surface area contributed by atoms with Gasteiger partial charge in [0, 0.05) is 18.0 Å². The molecule has 140 valence electrons. The molecule has 0 atom stereocenters. The van der Waals surface area contributed by atoms with Gasteiger partial charge in [-0.05, 0) is 44.3 Å². The Labute approximate surface area is 155 Å². The zero-order valence-electron chi connectivity index (χ0n) is 15.7. The molecular formula is C20H28N4O2. The molecule has 0 unspecified atom stereocenters. The number of amides is 1. The number of aryl methyl sites for hydroxylation is 1. The normalized spacial score (nSPS) is 15.9. The third-order valence-corrected chi connectivity index (χ3v) is 4.95. The molecule has 1 aromatic heterocycles. The highest BCUT2D eigenvalue weighted by atomic mass is 16.5. The minimum absolute atomic E-state index is 0.133. The van der Waals surface area contributed by atoms with E-state index in [9.17, 15) is 4.79 Å². The number of carbonyl (C=O) groups excluding carboxylic acids is 1. The Hall–Kier alpha value is -2.21. The fourth-order valence-electron chi connectivity index (χ4n) is 3.26. The van der Waals surface area contributed by atoms with Crippen LogP contribution < -0.4 is 5.32 Å². The van der Waals surface area contributed by atoms with E-state index in [1.807, 2.05) is 12.1 Å². The van der Waals surface area contributed by atoms with E-state index in [2.05, 4.69) is 46.3 Å². The standard InChI is InChI=1S/C20H28N4O2/c1-3-11-21-20(25)17-9-12-24(13-10-17)14-18-22-19(23-26-18)16-7-5-15(4-2)6-8-16/h5-8,17H,3-4,9-14H2,1-2H3,(H,21,25). The van der Waals surface area contributed by atoms with Crippen molar-refractivity contribution in [3.8, 4) is 11.4 Å². The lowest BCUT2D eigenvalue weighted by Crippen LogP contribution is -2.40. The van der Waals surface area contributed by atoms with Crippen LogP contribution in [-0.2, 0) is 17.8 Å². The van der Waals surface area contributed by atoms with Crippen molar-refractivity contribution in [1.82, 2.24) is 20.4 Å². The highest BCUT2D eigenvalue weighted by Gasteiger charge is 2.25. The predicted octanol–water partition coefficient (Wildman–Crippen LogP) is 3.04. The van der Waals surface area contributed by atoms with Crippen LogP contribution in [0.4, 0.5) is 0 Å². The van der Waals surface area contributed by atoms with E-state index in [1.54, 1.807) is 0 Å². The van der Waals surface area contributed by atoms with Gasteiger partial charge in [-0.3, -0.25) is 9.69 Å². The van der Waals surface area contributed by atoms with Crippen LogP contribution >= 0.6 is 0 Å². The summed E-state index contributed by atoms with van der Waals surface area (Å²) in [6.45, 7) is 7.38. The average Bonchev–Trinajstić information content (AvgIpc) is 3.15. The van der Waals surface area contributed by atoms with E-state index >= 15 is 0 Å². The summed E-state index contributed by atoms with van der Waals surface area (Å²) in [4.78, 5) is 18.9. The van der Waals surface area contributed by atoms with Crippen molar-refractivity contribution in [2.45, 2.75) is 46.1 Å². The van der Waals surface area contributed by atoms with E-state index in [0.717, 1.165) is 50.9 Å². The second-order valence-electron chi connectivity index (χ2n) is 6.90. The summed E-state index contributed by atoms with van der Waals surface area (Å²) in [5.41, 5.74) is 2.27. The topological polar surface area (TPSA) is 71.3 Å². The summed E-state index contributed by atoms with van der Waals surface area (Å²) in [5.74, 6) is 1.60. The predicted molar refractivity (Wildman–Crippen MR) is 100 cm³/mol. The molecule has 0 saturated carbocycles. The van der Waals surface area contributed by atoms with Crippen molar-refractivity contribution < 1.29 is 9.32 Å². The second kappa shape index (κ2) is 8.94. The minimum Gasteiger partial charge on any atom is -0.356 e. The molecule has 6 nitrogen and oxygen atoms in total. The van der Waals surface area contributed by atoms with Crippen LogP contribution in [0.25, 0.3) is 11.4 Å². The number of carbonyl (C=O) groups is 1. The molecule has 0 aliphatic carbocycles. The van der Waals surface area contributed by atoms with Crippen LogP contribution in [0.5, 0.6) is 0 Å². The van der Waals surface area contributed by atoms with E-state index in [4.69, 9.17) is 4.52 Å². The fraction of sp³-hybridized carbons (Fsp3) is 0.550. The molecule has 1 aliphatic heterocycles. The van der Waals surface area contributed by atoms with Crippen LogP contribution in [-0.4, -0.2) is 40.6 Å². The molecule has 0 radical (unpaired) electrons. The van der Waals surface area contributed by atoms with Crippen molar-refractivity contribution in [3.05, 3.63) is 35.7 Å². The zero-order valence-corrected chi connectivity index (χ0v) is 15.7. The minimum atomic E-state index is 0.133. The van der Waals surface area contributed by atoms with Gasteiger partial charge in [-0.2, -0.15) is 4.98 Å². The van der Waals surface area contributed by atoms with E-state index in [0.29, 0.717) is 18.3 Å². The summed E-state index contributed by atoms with van der Waals surface area (Å²) in [7, 11) is 0. The Balaban J connectivity index is 1.51. The largest absolute Gasteiger partial charge is 0.356 e. The third kappa shape index (κ3) is 4.69. The number of hydrogen-bond donors (Lipinski definition) is 1. The van der Waals surface area contributed by atoms with Crippen molar-refractivity contribution in [1.29, 1.82) is 0 Å². The molecule has 2 aromatic rings. The van der Waals surface area contributed by atoms with Crippen LogP contribution in [0.1, 0.15) is 44.6 Å². The van der Waals surface area contributed by atoms with Crippen LogP contribution in [0.15, 0.2) is 28.8 Å². The monoisotopic (exact) mass is 356 g/mol. The van der Waals surface area contributed by atoms with Gasteiger partial charge in [0.1, 0.15) is 0 Å². The van der Waals surface area contributed by atoms with Gasteiger partial charge in [0.15, 0.2) is 0 Å². The molecule has 1 saturated heterocycles. The number of nitrogens with one attached hydrogen (secondary N) is 1. The molecule has 6 heteroatoms. The molecule has 1 amide bonds. The smallest absolute Gasteiger partial charge is 0.241 e. The van der Waals surface area contributed by atoms with E-state index in [-0.39, 0.29) is 11.8 Å². The summed E-state index contributed by atoms with van der Waals surface area (Å²) in [5, 5.41) is 7.11. The number of likely N-dealkylation sites (tertiary alicyclic amines) is 1. The molecule has 1 fully saturated rings. The summed E-state index contributed by atoms with van der Waals surface area (Å²) >= 11 is 0. The van der Waals surface area contributed by atoms with Gasteiger partial charge < -0.3 is 9.84 Å². The van der Waals surface area contributed by atoms with Crippen molar-refractivity contribution in [2.75, 3.05) is 19.6 Å². The first-order valence-corrected chi connectivity index (χ1v) is 9.61. The summed E-state index contributed by atoms with van der Waals surface area (Å²) < 4.78 is 5.42. The lowest BCUT2D eigenvalue weighted by molar-refractivity contribution is -0.126. The summed E-state index contributed by atoms with van der Waals surface area (Å²) in [6.07, 6.45) is 3.76. The Morgan fingerprint density at radius 1 is 1.23 bits per heavy atom. The van der Waals surface area contributed by atoms with Crippen LogP contribution in [0, 0.1) is 5.92 Å². The number of benzene rings is 1. The molecule has 1 N–H and O–H groups in total.